The zero-order valence-corrected chi connectivity index (χ0v) is 13.1. The number of pyridine rings is 1. The van der Waals surface area contributed by atoms with Gasteiger partial charge in [-0.05, 0) is 53.3 Å². The lowest BCUT2D eigenvalue weighted by Crippen LogP contribution is -2.07. The lowest BCUT2D eigenvalue weighted by Gasteiger charge is -2.11. The molecule has 1 aromatic heterocycles. The number of rotatable bonds is 6. The molecule has 100 valence electrons. The average molecular weight is 368 g/mol. The van der Waals surface area contributed by atoms with Crippen LogP contribution in [-0.2, 0) is 6.61 Å². The van der Waals surface area contributed by atoms with Crippen LogP contribution in [-0.4, -0.2) is 11.5 Å². The lowest BCUT2D eigenvalue weighted by molar-refractivity contribution is 0.306. The molecule has 19 heavy (non-hydrogen) atoms. The third-order valence-electron chi connectivity index (χ3n) is 2.62. The van der Waals surface area contributed by atoms with Crippen LogP contribution in [0.25, 0.3) is 0 Å². The Labute approximate surface area is 127 Å². The summed E-state index contributed by atoms with van der Waals surface area (Å²) < 4.78 is 6.98. The normalized spacial score (nSPS) is 10.2. The van der Waals surface area contributed by atoms with Crippen LogP contribution >= 0.6 is 22.6 Å². The zero-order valence-electron chi connectivity index (χ0n) is 10.9. The van der Waals surface area contributed by atoms with Crippen molar-refractivity contribution in [3.63, 3.8) is 0 Å². The summed E-state index contributed by atoms with van der Waals surface area (Å²) in [4.78, 5) is 4.35. The van der Waals surface area contributed by atoms with Gasteiger partial charge in [-0.15, -0.1) is 0 Å². The first kappa shape index (κ1) is 14.1. The van der Waals surface area contributed by atoms with Crippen molar-refractivity contribution in [3.8, 4) is 5.75 Å². The molecule has 0 atom stereocenters. The second-order valence-corrected chi connectivity index (χ2v) is 5.43. The minimum Gasteiger partial charge on any atom is -0.489 e. The maximum Gasteiger partial charge on any atom is 0.132 e. The van der Waals surface area contributed by atoms with Crippen molar-refractivity contribution in [3.05, 3.63) is 51.7 Å². The molecule has 1 aromatic carbocycles. The Morgan fingerprint density at radius 2 is 2.16 bits per heavy atom. The van der Waals surface area contributed by atoms with Gasteiger partial charge in [0.25, 0.3) is 0 Å². The summed E-state index contributed by atoms with van der Waals surface area (Å²) >= 11 is 2.28. The molecule has 2 rings (SSSR count). The van der Waals surface area contributed by atoms with E-state index in [1.807, 2.05) is 36.4 Å². The molecule has 0 amide bonds. The van der Waals surface area contributed by atoms with Gasteiger partial charge >= 0.3 is 0 Å². The number of hydrogen-bond acceptors (Lipinski definition) is 3. The molecule has 3 nitrogen and oxygen atoms in total. The summed E-state index contributed by atoms with van der Waals surface area (Å²) in [6.07, 6.45) is 2.88. The summed E-state index contributed by atoms with van der Waals surface area (Å²) in [5.41, 5.74) is 1.08. The Hall–Kier alpha value is -1.30. The molecule has 1 heterocycles. The summed E-state index contributed by atoms with van der Waals surface area (Å²) in [6.45, 7) is 3.59. The fraction of sp³-hybridized carbons (Fsp3) is 0.267. The molecule has 0 radical (unpaired) electrons. The molecule has 0 aliphatic rings. The predicted molar refractivity (Wildman–Crippen MR) is 86.5 cm³/mol. The molecule has 0 unspecified atom stereocenters. The predicted octanol–water partition coefficient (Wildman–Crippen LogP) is 4.09. The number of aromatic nitrogens is 1. The average Bonchev–Trinajstić information content (AvgIpc) is 2.44. The first-order valence-electron chi connectivity index (χ1n) is 6.35. The molecule has 0 bridgehead atoms. The molecule has 1 N–H and O–H groups in total. The monoisotopic (exact) mass is 368 g/mol. The standard InChI is InChI=1S/C15H17IN2O/c1-2-8-17-15-12(5-4-9-18-15)11-19-14-7-3-6-13(16)10-14/h3-7,9-10H,2,8,11H2,1H3,(H,17,18). The van der Waals surface area contributed by atoms with Gasteiger partial charge in [-0.1, -0.05) is 19.1 Å². The lowest BCUT2D eigenvalue weighted by atomic mass is 10.2. The van der Waals surface area contributed by atoms with E-state index in [9.17, 15) is 0 Å². The van der Waals surface area contributed by atoms with Gasteiger partial charge in [0.2, 0.25) is 0 Å². The Bertz CT molecular complexity index is 531. The highest BCUT2D eigenvalue weighted by Crippen LogP contribution is 2.18. The van der Waals surface area contributed by atoms with Crippen LogP contribution in [0, 0.1) is 3.57 Å². The zero-order chi connectivity index (χ0) is 13.5. The van der Waals surface area contributed by atoms with Crippen molar-refractivity contribution in [2.45, 2.75) is 20.0 Å². The summed E-state index contributed by atoms with van der Waals surface area (Å²) in [7, 11) is 0. The molecule has 0 saturated heterocycles. The molecular formula is C15H17IN2O. The third-order valence-corrected chi connectivity index (χ3v) is 3.30. The number of hydrogen-bond donors (Lipinski definition) is 1. The number of anilines is 1. The minimum absolute atomic E-state index is 0.528. The van der Waals surface area contributed by atoms with E-state index in [1.54, 1.807) is 6.20 Å². The summed E-state index contributed by atoms with van der Waals surface area (Å²) in [5, 5.41) is 3.32. The van der Waals surface area contributed by atoms with Gasteiger partial charge in [0.05, 0.1) is 0 Å². The van der Waals surface area contributed by atoms with Gasteiger partial charge < -0.3 is 10.1 Å². The Kier molecular flexibility index (Phi) is 5.44. The Balaban J connectivity index is 2.02. The quantitative estimate of drug-likeness (QED) is 0.780. The van der Waals surface area contributed by atoms with Gasteiger partial charge in [-0.2, -0.15) is 0 Å². The van der Waals surface area contributed by atoms with E-state index in [-0.39, 0.29) is 0 Å². The first-order chi connectivity index (χ1) is 9.29. The first-order valence-corrected chi connectivity index (χ1v) is 7.43. The molecule has 2 aromatic rings. The van der Waals surface area contributed by atoms with Crippen molar-refractivity contribution in [1.29, 1.82) is 0 Å². The fourth-order valence-corrected chi connectivity index (χ4v) is 2.19. The van der Waals surface area contributed by atoms with Crippen molar-refractivity contribution >= 4 is 28.4 Å². The molecule has 0 aliphatic heterocycles. The molecule has 0 fully saturated rings. The van der Waals surface area contributed by atoms with Crippen LogP contribution in [0.15, 0.2) is 42.6 Å². The molecule has 0 aliphatic carbocycles. The number of benzene rings is 1. The molecular weight excluding hydrogens is 351 g/mol. The largest absolute Gasteiger partial charge is 0.489 e. The van der Waals surface area contributed by atoms with Crippen LogP contribution in [0.5, 0.6) is 5.75 Å². The highest BCUT2D eigenvalue weighted by molar-refractivity contribution is 14.1. The van der Waals surface area contributed by atoms with Crippen molar-refractivity contribution in [1.82, 2.24) is 4.98 Å². The van der Waals surface area contributed by atoms with Gasteiger partial charge in [-0.25, -0.2) is 4.98 Å². The van der Waals surface area contributed by atoms with Crippen LogP contribution in [0.2, 0.25) is 0 Å². The topological polar surface area (TPSA) is 34.2 Å². The van der Waals surface area contributed by atoms with Crippen LogP contribution in [0.4, 0.5) is 5.82 Å². The molecule has 0 spiro atoms. The van der Waals surface area contributed by atoms with Crippen LogP contribution < -0.4 is 10.1 Å². The van der Waals surface area contributed by atoms with Gasteiger partial charge in [0.15, 0.2) is 0 Å². The van der Waals surface area contributed by atoms with Crippen LogP contribution in [0.1, 0.15) is 18.9 Å². The minimum atomic E-state index is 0.528. The fourth-order valence-electron chi connectivity index (χ4n) is 1.68. The second-order valence-electron chi connectivity index (χ2n) is 4.18. The number of nitrogens with one attached hydrogen (secondary N) is 1. The second kappa shape index (κ2) is 7.33. The Morgan fingerprint density at radius 3 is 2.95 bits per heavy atom. The maximum atomic E-state index is 5.81. The number of halogens is 1. The van der Waals surface area contributed by atoms with E-state index in [2.05, 4.69) is 39.8 Å². The van der Waals surface area contributed by atoms with Crippen molar-refractivity contribution in [2.24, 2.45) is 0 Å². The highest BCUT2D eigenvalue weighted by atomic mass is 127. The number of nitrogens with zero attached hydrogens (tertiary/aromatic N) is 1. The van der Waals surface area contributed by atoms with E-state index in [4.69, 9.17) is 4.74 Å². The summed E-state index contributed by atoms with van der Waals surface area (Å²) in [6, 6.07) is 12.0. The van der Waals surface area contributed by atoms with E-state index >= 15 is 0 Å². The smallest absolute Gasteiger partial charge is 0.132 e. The van der Waals surface area contributed by atoms with Gasteiger partial charge in [-0.3, -0.25) is 0 Å². The Morgan fingerprint density at radius 1 is 1.26 bits per heavy atom. The summed E-state index contributed by atoms with van der Waals surface area (Å²) in [5.74, 6) is 1.80. The number of ether oxygens (including phenoxy) is 1. The van der Waals surface area contributed by atoms with E-state index < -0.39 is 0 Å². The maximum absolute atomic E-state index is 5.81. The highest BCUT2D eigenvalue weighted by Gasteiger charge is 2.03. The molecule has 0 saturated carbocycles. The SMILES string of the molecule is CCCNc1ncccc1COc1cccc(I)c1. The van der Waals surface area contributed by atoms with E-state index in [0.717, 1.165) is 30.1 Å². The van der Waals surface area contributed by atoms with Gasteiger partial charge in [0.1, 0.15) is 18.2 Å². The van der Waals surface area contributed by atoms with Crippen molar-refractivity contribution in [2.75, 3.05) is 11.9 Å². The third kappa shape index (κ3) is 4.38. The van der Waals surface area contributed by atoms with Gasteiger partial charge in [0, 0.05) is 21.9 Å². The van der Waals surface area contributed by atoms with E-state index in [0.29, 0.717) is 6.61 Å². The van der Waals surface area contributed by atoms with Crippen molar-refractivity contribution < 1.29 is 4.74 Å². The molecule has 4 heteroatoms. The van der Waals surface area contributed by atoms with E-state index in [1.165, 1.54) is 3.57 Å². The van der Waals surface area contributed by atoms with Crippen LogP contribution in [0.3, 0.4) is 0 Å².